The molecule has 0 unspecified atom stereocenters. The van der Waals surface area contributed by atoms with Gasteiger partial charge in [0, 0.05) is 22.2 Å². The topological polar surface area (TPSA) is 100 Å². The molecule has 2 aromatic carbocycles. The number of carbonyl (C=O) groups is 2. The molecule has 5 N–H and O–H groups in total. The first-order valence-corrected chi connectivity index (χ1v) is 6.67. The number of benzene rings is 2. The van der Waals surface area contributed by atoms with Crippen LogP contribution in [0.3, 0.4) is 0 Å². The Morgan fingerprint density at radius 1 is 0.955 bits per heavy atom. The van der Waals surface area contributed by atoms with Crippen LogP contribution in [0.4, 0.5) is 5.69 Å². The van der Waals surface area contributed by atoms with Crippen LogP contribution in [0.5, 0.6) is 0 Å². The Bertz CT molecular complexity index is 840. The lowest BCUT2D eigenvalue weighted by Gasteiger charge is -2.05. The highest BCUT2D eigenvalue weighted by atomic mass is 16.2. The van der Waals surface area contributed by atoms with Crippen molar-refractivity contribution in [3.05, 3.63) is 65.9 Å². The van der Waals surface area contributed by atoms with Crippen molar-refractivity contribution >= 4 is 28.4 Å². The van der Waals surface area contributed by atoms with Crippen LogP contribution >= 0.6 is 0 Å². The predicted molar refractivity (Wildman–Crippen MR) is 84.3 cm³/mol. The summed E-state index contributed by atoms with van der Waals surface area (Å²) in [5.41, 5.74) is 4.46. The molecule has 0 fully saturated rings. The SMILES string of the molecule is NNC(=O)c1cc2cc(NC(=O)c3ccccc3)ccc2[nH]1. The van der Waals surface area contributed by atoms with Crippen molar-refractivity contribution in [1.29, 1.82) is 0 Å². The summed E-state index contributed by atoms with van der Waals surface area (Å²) in [5.74, 6) is 4.53. The molecule has 0 aliphatic carbocycles. The fraction of sp³-hybridized carbons (Fsp3) is 0. The average Bonchev–Trinajstić information content (AvgIpc) is 2.98. The third kappa shape index (κ3) is 2.68. The predicted octanol–water partition coefficient (Wildman–Crippen LogP) is 2.02. The highest BCUT2D eigenvalue weighted by Crippen LogP contribution is 2.20. The number of hydrogen-bond donors (Lipinski definition) is 4. The number of carbonyl (C=O) groups excluding carboxylic acids is 2. The second kappa shape index (κ2) is 5.71. The molecule has 0 saturated heterocycles. The van der Waals surface area contributed by atoms with E-state index >= 15 is 0 Å². The molecular weight excluding hydrogens is 280 g/mol. The minimum absolute atomic E-state index is 0.185. The second-order valence-corrected chi connectivity index (χ2v) is 4.78. The lowest BCUT2D eigenvalue weighted by Crippen LogP contribution is -2.30. The minimum atomic E-state index is -0.397. The first-order chi connectivity index (χ1) is 10.7. The van der Waals surface area contributed by atoms with E-state index < -0.39 is 5.91 Å². The summed E-state index contributed by atoms with van der Waals surface area (Å²) in [5, 5.41) is 3.63. The van der Waals surface area contributed by atoms with E-state index in [0.29, 0.717) is 16.9 Å². The minimum Gasteiger partial charge on any atom is -0.350 e. The Balaban J connectivity index is 1.86. The van der Waals surface area contributed by atoms with Crippen LogP contribution in [-0.2, 0) is 0 Å². The van der Waals surface area contributed by atoms with Gasteiger partial charge in [0.15, 0.2) is 0 Å². The van der Waals surface area contributed by atoms with E-state index in [1.807, 2.05) is 18.2 Å². The number of anilines is 1. The van der Waals surface area contributed by atoms with Gasteiger partial charge < -0.3 is 10.3 Å². The summed E-state index contributed by atoms with van der Waals surface area (Å²) in [7, 11) is 0. The molecule has 0 saturated carbocycles. The van der Waals surface area contributed by atoms with Crippen LogP contribution in [0.25, 0.3) is 10.9 Å². The fourth-order valence-electron chi connectivity index (χ4n) is 2.20. The molecule has 0 bridgehead atoms. The zero-order chi connectivity index (χ0) is 15.5. The van der Waals surface area contributed by atoms with E-state index in [9.17, 15) is 9.59 Å². The van der Waals surface area contributed by atoms with Gasteiger partial charge in [-0.05, 0) is 36.4 Å². The molecule has 0 atom stereocenters. The second-order valence-electron chi connectivity index (χ2n) is 4.78. The molecule has 3 aromatic rings. The number of rotatable bonds is 3. The first-order valence-electron chi connectivity index (χ1n) is 6.67. The first kappa shape index (κ1) is 13.8. The standard InChI is InChI=1S/C16H14N4O2/c17-20-16(22)14-9-11-8-12(6-7-13(11)19-14)18-15(21)10-4-2-1-3-5-10/h1-9,19H,17H2,(H,18,21)(H,20,22). The van der Waals surface area contributed by atoms with E-state index in [0.717, 1.165) is 10.9 Å². The van der Waals surface area contributed by atoms with Crippen molar-refractivity contribution in [3.8, 4) is 0 Å². The quantitative estimate of drug-likeness (QED) is 0.338. The number of nitrogens with two attached hydrogens (primary N) is 1. The Hall–Kier alpha value is -3.12. The molecular formula is C16H14N4O2. The molecule has 2 amide bonds. The van der Waals surface area contributed by atoms with Gasteiger partial charge in [-0.2, -0.15) is 0 Å². The van der Waals surface area contributed by atoms with Gasteiger partial charge >= 0.3 is 0 Å². The summed E-state index contributed by atoms with van der Waals surface area (Å²) < 4.78 is 0. The van der Waals surface area contributed by atoms with Gasteiger partial charge in [-0.25, -0.2) is 5.84 Å². The van der Waals surface area contributed by atoms with Crippen LogP contribution in [-0.4, -0.2) is 16.8 Å². The number of amides is 2. The number of hydrazine groups is 1. The monoisotopic (exact) mass is 294 g/mol. The van der Waals surface area contributed by atoms with Crippen molar-refractivity contribution in [3.63, 3.8) is 0 Å². The van der Waals surface area contributed by atoms with Crippen LogP contribution in [0, 0.1) is 0 Å². The van der Waals surface area contributed by atoms with Crippen LogP contribution in [0.2, 0.25) is 0 Å². The Morgan fingerprint density at radius 3 is 2.45 bits per heavy atom. The molecule has 22 heavy (non-hydrogen) atoms. The van der Waals surface area contributed by atoms with E-state index in [4.69, 9.17) is 5.84 Å². The van der Waals surface area contributed by atoms with Gasteiger partial charge in [-0.1, -0.05) is 18.2 Å². The van der Waals surface area contributed by atoms with E-state index in [1.165, 1.54) is 0 Å². The molecule has 6 heteroatoms. The van der Waals surface area contributed by atoms with E-state index in [-0.39, 0.29) is 5.91 Å². The van der Waals surface area contributed by atoms with E-state index in [2.05, 4.69) is 15.7 Å². The number of hydrogen-bond acceptors (Lipinski definition) is 3. The van der Waals surface area contributed by atoms with Gasteiger partial charge in [0.25, 0.3) is 11.8 Å². The third-order valence-corrected chi connectivity index (χ3v) is 3.29. The molecule has 110 valence electrons. The summed E-state index contributed by atoms with van der Waals surface area (Å²) in [6, 6.07) is 16.0. The smallest absolute Gasteiger partial charge is 0.281 e. The lowest BCUT2D eigenvalue weighted by atomic mass is 10.2. The van der Waals surface area contributed by atoms with Gasteiger partial charge in [0.1, 0.15) is 5.69 Å². The maximum absolute atomic E-state index is 12.1. The average molecular weight is 294 g/mol. The van der Waals surface area contributed by atoms with Crippen molar-refractivity contribution in [2.45, 2.75) is 0 Å². The van der Waals surface area contributed by atoms with Crippen LogP contribution in [0.15, 0.2) is 54.6 Å². The molecule has 0 aliphatic heterocycles. The maximum atomic E-state index is 12.1. The largest absolute Gasteiger partial charge is 0.350 e. The van der Waals surface area contributed by atoms with Crippen molar-refractivity contribution in [2.24, 2.45) is 5.84 Å². The summed E-state index contributed by atoms with van der Waals surface area (Å²) >= 11 is 0. The zero-order valence-electron chi connectivity index (χ0n) is 11.6. The summed E-state index contributed by atoms with van der Waals surface area (Å²) in [4.78, 5) is 26.6. The Labute approximate surface area is 126 Å². The van der Waals surface area contributed by atoms with Crippen LogP contribution < -0.4 is 16.6 Å². The zero-order valence-corrected chi connectivity index (χ0v) is 11.6. The Morgan fingerprint density at radius 2 is 1.73 bits per heavy atom. The van der Waals surface area contributed by atoms with Crippen molar-refractivity contribution < 1.29 is 9.59 Å². The molecule has 6 nitrogen and oxygen atoms in total. The maximum Gasteiger partial charge on any atom is 0.281 e. The number of nitrogen functional groups attached to an aromatic ring is 1. The summed E-state index contributed by atoms with van der Waals surface area (Å²) in [6.07, 6.45) is 0. The molecule has 1 aromatic heterocycles. The fourth-order valence-corrected chi connectivity index (χ4v) is 2.20. The number of fused-ring (bicyclic) bond motifs is 1. The van der Waals surface area contributed by atoms with Crippen LogP contribution in [0.1, 0.15) is 20.8 Å². The molecule has 0 aliphatic rings. The molecule has 0 spiro atoms. The molecule has 0 radical (unpaired) electrons. The third-order valence-electron chi connectivity index (χ3n) is 3.29. The number of aromatic nitrogens is 1. The lowest BCUT2D eigenvalue weighted by molar-refractivity contribution is 0.0948. The Kier molecular flexibility index (Phi) is 3.59. The number of nitrogens with one attached hydrogen (secondary N) is 3. The van der Waals surface area contributed by atoms with Gasteiger partial charge in [0.05, 0.1) is 0 Å². The molecule has 3 rings (SSSR count). The van der Waals surface area contributed by atoms with Gasteiger partial charge in [-0.15, -0.1) is 0 Å². The number of aromatic amines is 1. The molecule has 1 heterocycles. The number of H-pyrrole nitrogens is 1. The van der Waals surface area contributed by atoms with Gasteiger partial charge in [-0.3, -0.25) is 15.0 Å². The highest BCUT2D eigenvalue weighted by molar-refractivity contribution is 6.05. The van der Waals surface area contributed by atoms with Crippen molar-refractivity contribution in [1.82, 2.24) is 10.4 Å². The normalized spacial score (nSPS) is 10.4. The highest BCUT2D eigenvalue weighted by Gasteiger charge is 2.09. The van der Waals surface area contributed by atoms with Crippen molar-refractivity contribution in [2.75, 3.05) is 5.32 Å². The van der Waals surface area contributed by atoms with E-state index in [1.54, 1.807) is 36.4 Å². The summed E-state index contributed by atoms with van der Waals surface area (Å²) in [6.45, 7) is 0. The van der Waals surface area contributed by atoms with Gasteiger partial charge in [0.2, 0.25) is 0 Å².